The van der Waals surface area contributed by atoms with E-state index in [-0.39, 0.29) is 11.9 Å². The zero-order valence-electron chi connectivity index (χ0n) is 9.37. The van der Waals surface area contributed by atoms with E-state index < -0.39 is 0 Å². The molecule has 0 aromatic heterocycles. The van der Waals surface area contributed by atoms with Gasteiger partial charge in [0, 0.05) is 19.1 Å². The first-order valence-corrected chi connectivity index (χ1v) is 5.84. The number of nitrogens with one attached hydrogen (secondary N) is 1. The number of nitrogens with zero attached hydrogens (tertiary/aromatic N) is 1. The minimum atomic E-state index is -0.0364. The summed E-state index contributed by atoms with van der Waals surface area (Å²) in [6.45, 7) is 4.22. The quantitative estimate of drug-likeness (QED) is 0.665. The van der Waals surface area contributed by atoms with Crippen LogP contribution in [0.4, 0.5) is 0 Å². The maximum atomic E-state index is 11.5. The summed E-state index contributed by atoms with van der Waals surface area (Å²) in [5.41, 5.74) is 0. The third-order valence-corrected chi connectivity index (χ3v) is 3.54. The summed E-state index contributed by atoms with van der Waals surface area (Å²) >= 11 is 0. The second kappa shape index (κ2) is 4.94. The van der Waals surface area contributed by atoms with E-state index in [1.807, 2.05) is 0 Å². The smallest absolute Gasteiger partial charge is 0.309 e. The minimum Gasteiger partial charge on any atom is -0.469 e. The van der Waals surface area contributed by atoms with Crippen LogP contribution >= 0.6 is 0 Å². The van der Waals surface area contributed by atoms with E-state index in [0.29, 0.717) is 6.04 Å². The topological polar surface area (TPSA) is 41.6 Å². The molecule has 2 aliphatic heterocycles. The van der Waals surface area contributed by atoms with Crippen molar-refractivity contribution in [2.75, 3.05) is 33.3 Å². The van der Waals surface area contributed by atoms with E-state index in [1.165, 1.54) is 13.5 Å². The monoisotopic (exact) mass is 212 g/mol. The van der Waals surface area contributed by atoms with Gasteiger partial charge in [-0.05, 0) is 32.4 Å². The Morgan fingerprint density at radius 3 is 3.00 bits per heavy atom. The molecule has 4 heteroatoms. The summed E-state index contributed by atoms with van der Waals surface area (Å²) in [4.78, 5) is 13.9. The highest BCUT2D eigenvalue weighted by atomic mass is 16.5. The van der Waals surface area contributed by atoms with Crippen molar-refractivity contribution in [1.29, 1.82) is 0 Å². The van der Waals surface area contributed by atoms with Crippen molar-refractivity contribution in [3.05, 3.63) is 0 Å². The molecule has 2 aliphatic rings. The van der Waals surface area contributed by atoms with Crippen LogP contribution in [0.25, 0.3) is 0 Å². The normalized spacial score (nSPS) is 32.9. The highest BCUT2D eigenvalue weighted by Gasteiger charge is 2.31. The Morgan fingerprint density at radius 1 is 1.47 bits per heavy atom. The molecule has 4 nitrogen and oxygen atoms in total. The van der Waals surface area contributed by atoms with Gasteiger partial charge in [-0.25, -0.2) is 0 Å². The largest absolute Gasteiger partial charge is 0.469 e. The van der Waals surface area contributed by atoms with Crippen LogP contribution in [-0.2, 0) is 9.53 Å². The number of esters is 1. The average Bonchev–Trinajstić information content (AvgIpc) is 2.82. The number of carbonyl (C=O) groups excluding carboxylic acids is 1. The van der Waals surface area contributed by atoms with Crippen molar-refractivity contribution in [3.63, 3.8) is 0 Å². The van der Waals surface area contributed by atoms with Crippen molar-refractivity contribution < 1.29 is 9.53 Å². The molecular formula is C11H20N2O2. The maximum Gasteiger partial charge on any atom is 0.309 e. The van der Waals surface area contributed by atoms with E-state index in [4.69, 9.17) is 4.74 Å². The van der Waals surface area contributed by atoms with Gasteiger partial charge in [0.1, 0.15) is 0 Å². The standard InChI is InChI=1S/C11H20N2O2/c1-15-11(14)9-3-2-6-13(8-9)10-4-5-12-7-10/h9-10,12H,2-8H2,1H3/t9-,10+/m1/s1. The van der Waals surface area contributed by atoms with E-state index in [9.17, 15) is 4.79 Å². The summed E-state index contributed by atoms with van der Waals surface area (Å²) in [5.74, 6) is 0.0648. The third-order valence-electron chi connectivity index (χ3n) is 3.54. The lowest BCUT2D eigenvalue weighted by Crippen LogP contribution is -2.45. The Bertz CT molecular complexity index is 227. The average molecular weight is 212 g/mol. The Balaban J connectivity index is 1.88. The second-order valence-electron chi connectivity index (χ2n) is 4.50. The molecule has 0 radical (unpaired) electrons. The molecule has 1 N–H and O–H groups in total. The fraction of sp³-hybridized carbons (Fsp3) is 0.909. The summed E-state index contributed by atoms with van der Waals surface area (Å²) < 4.78 is 4.82. The van der Waals surface area contributed by atoms with Crippen LogP contribution in [0.3, 0.4) is 0 Å². The van der Waals surface area contributed by atoms with E-state index in [0.717, 1.165) is 39.0 Å². The van der Waals surface area contributed by atoms with Crippen LogP contribution in [0.1, 0.15) is 19.3 Å². The molecule has 0 amide bonds. The summed E-state index contributed by atoms with van der Waals surface area (Å²) in [7, 11) is 1.48. The lowest BCUT2D eigenvalue weighted by Gasteiger charge is -2.35. The Hall–Kier alpha value is -0.610. The van der Waals surface area contributed by atoms with Gasteiger partial charge in [-0.1, -0.05) is 0 Å². The third kappa shape index (κ3) is 2.49. The lowest BCUT2D eigenvalue weighted by molar-refractivity contribution is -0.147. The van der Waals surface area contributed by atoms with E-state index in [2.05, 4.69) is 10.2 Å². The Kier molecular flexibility index (Phi) is 3.59. The molecule has 0 spiro atoms. The number of likely N-dealkylation sites (tertiary alicyclic amines) is 1. The molecule has 2 atom stereocenters. The van der Waals surface area contributed by atoms with Crippen molar-refractivity contribution >= 4 is 5.97 Å². The molecule has 0 aromatic carbocycles. The van der Waals surface area contributed by atoms with Crippen LogP contribution in [-0.4, -0.2) is 50.2 Å². The molecule has 2 saturated heterocycles. The van der Waals surface area contributed by atoms with Crippen LogP contribution in [0.5, 0.6) is 0 Å². The summed E-state index contributed by atoms with van der Waals surface area (Å²) in [6.07, 6.45) is 3.33. The highest BCUT2D eigenvalue weighted by Crippen LogP contribution is 2.21. The predicted octanol–water partition coefficient (Wildman–Crippen LogP) is 0.233. The van der Waals surface area contributed by atoms with Gasteiger partial charge in [0.05, 0.1) is 13.0 Å². The number of methoxy groups -OCH3 is 1. The number of hydrogen-bond donors (Lipinski definition) is 1. The zero-order valence-corrected chi connectivity index (χ0v) is 9.37. The van der Waals surface area contributed by atoms with E-state index in [1.54, 1.807) is 0 Å². The van der Waals surface area contributed by atoms with Crippen LogP contribution < -0.4 is 5.32 Å². The first kappa shape index (κ1) is 10.9. The van der Waals surface area contributed by atoms with Crippen molar-refractivity contribution in [2.24, 2.45) is 5.92 Å². The molecule has 86 valence electrons. The molecule has 0 saturated carbocycles. The minimum absolute atomic E-state index is 0.0364. The van der Waals surface area contributed by atoms with Gasteiger partial charge >= 0.3 is 5.97 Å². The van der Waals surface area contributed by atoms with Gasteiger partial charge in [0.15, 0.2) is 0 Å². The van der Waals surface area contributed by atoms with Gasteiger partial charge in [0.25, 0.3) is 0 Å². The fourth-order valence-corrected chi connectivity index (χ4v) is 2.65. The van der Waals surface area contributed by atoms with Crippen LogP contribution in [0.2, 0.25) is 0 Å². The lowest BCUT2D eigenvalue weighted by atomic mass is 9.96. The molecule has 0 unspecified atom stereocenters. The molecule has 0 bridgehead atoms. The van der Waals surface area contributed by atoms with Crippen LogP contribution in [0.15, 0.2) is 0 Å². The van der Waals surface area contributed by atoms with Gasteiger partial charge in [-0.15, -0.1) is 0 Å². The number of ether oxygens (including phenoxy) is 1. The van der Waals surface area contributed by atoms with Crippen LogP contribution in [0, 0.1) is 5.92 Å². The van der Waals surface area contributed by atoms with Crippen molar-refractivity contribution in [3.8, 4) is 0 Å². The first-order chi connectivity index (χ1) is 7.31. The predicted molar refractivity (Wildman–Crippen MR) is 57.6 cm³/mol. The SMILES string of the molecule is COC(=O)[C@@H]1CCCN([C@H]2CCNC2)C1. The second-order valence-corrected chi connectivity index (χ2v) is 4.50. The molecule has 2 rings (SSSR count). The molecule has 0 aliphatic carbocycles. The molecule has 15 heavy (non-hydrogen) atoms. The van der Waals surface area contributed by atoms with Gasteiger partial charge in [0.2, 0.25) is 0 Å². The molecule has 2 fully saturated rings. The molecule has 2 heterocycles. The van der Waals surface area contributed by atoms with Crippen molar-refractivity contribution in [2.45, 2.75) is 25.3 Å². The Labute approximate surface area is 91.0 Å². The summed E-state index contributed by atoms with van der Waals surface area (Å²) in [5, 5.41) is 3.37. The van der Waals surface area contributed by atoms with Gasteiger partial charge < -0.3 is 10.1 Å². The Morgan fingerprint density at radius 2 is 2.33 bits per heavy atom. The fourth-order valence-electron chi connectivity index (χ4n) is 2.65. The number of rotatable bonds is 2. The number of piperidine rings is 1. The number of carbonyl (C=O) groups is 1. The zero-order chi connectivity index (χ0) is 10.7. The number of hydrogen-bond acceptors (Lipinski definition) is 4. The van der Waals surface area contributed by atoms with Crippen molar-refractivity contribution in [1.82, 2.24) is 10.2 Å². The molecular weight excluding hydrogens is 192 g/mol. The summed E-state index contributed by atoms with van der Waals surface area (Å²) in [6, 6.07) is 0.637. The highest BCUT2D eigenvalue weighted by molar-refractivity contribution is 5.72. The molecule has 0 aromatic rings. The van der Waals surface area contributed by atoms with Gasteiger partial charge in [-0.2, -0.15) is 0 Å². The van der Waals surface area contributed by atoms with Gasteiger partial charge in [-0.3, -0.25) is 9.69 Å². The maximum absolute atomic E-state index is 11.5. The first-order valence-electron chi connectivity index (χ1n) is 5.84. The van der Waals surface area contributed by atoms with E-state index >= 15 is 0 Å².